The van der Waals surface area contributed by atoms with Crippen molar-refractivity contribution in [3.05, 3.63) is 94.6 Å². The minimum atomic E-state index is 0. The fraction of sp³-hybridized carbons (Fsp3) is 0.355. The van der Waals surface area contributed by atoms with E-state index < -0.39 is 0 Å². The molecule has 0 fully saturated rings. The second-order valence-electron chi connectivity index (χ2n) is 9.29. The number of ether oxygens (including phenoxy) is 3. The van der Waals surface area contributed by atoms with E-state index in [1.54, 1.807) is 14.2 Å². The molecule has 192 valence electrons. The summed E-state index contributed by atoms with van der Waals surface area (Å²) in [5.74, 6) is 2.56. The molecule has 0 radical (unpaired) electrons. The molecule has 3 aromatic rings. The van der Waals surface area contributed by atoms with E-state index in [4.69, 9.17) is 14.2 Å². The van der Waals surface area contributed by atoms with Crippen LogP contribution in [0.1, 0.15) is 41.5 Å². The summed E-state index contributed by atoms with van der Waals surface area (Å²) in [5, 5.41) is 0. The van der Waals surface area contributed by atoms with Crippen LogP contribution in [0.5, 0.6) is 17.2 Å². The van der Waals surface area contributed by atoms with E-state index in [9.17, 15) is 0 Å². The molecule has 1 aliphatic carbocycles. The van der Waals surface area contributed by atoms with E-state index in [2.05, 4.69) is 60.5 Å². The Balaban J connectivity index is 0.00000361. The van der Waals surface area contributed by atoms with E-state index >= 15 is 0 Å². The number of likely N-dealkylation sites (N-methyl/N-ethyl adjacent to an activating group) is 1. The number of fused-ring (bicyclic) bond motifs is 1. The van der Waals surface area contributed by atoms with Crippen molar-refractivity contribution < 1.29 is 14.2 Å². The van der Waals surface area contributed by atoms with E-state index in [1.165, 1.54) is 34.2 Å². The van der Waals surface area contributed by atoms with E-state index in [0.29, 0.717) is 6.61 Å². The summed E-state index contributed by atoms with van der Waals surface area (Å²) < 4.78 is 16.9. The van der Waals surface area contributed by atoms with Crippen molar-refractivity contribution >= 4 is 18.5 Å². The zero-order valence-corrected chi connectivity index (χ0v) is 22.5. The number of hydrogen-bond acceptors (Lipinski definition) is 4. The second kappa shape index (κ2) is 14.0. The highest BCUT2D eigenvalue weighted by Crippen LogP contribution is 2.35. The lowest BCUT2D eigenvalue weighted by Gasteiger charge is -2.20. The lowest BCUT2D eigenvalue weighted by atomic mass is 9.89. The number of nitrogens with zero attached hydrogens (tertiary/aromatic N) is 1. The highest BCUT2D eigenvalue weighted by atomic mass is 35.5. The number of hydrogen-bond donors (Lipinski definition) is 0. The molecule has 0 saturated heterocycles. The van der Waals surface area contributed by atoms with Crippen LogP contribution in [0.2, 0.25) is 0 Å². The van der Waals surface area contributed by atoms with Gasteiger partial charge in [0.2, 0.25) is 0 Å². The first-order valence-electron chi connectivity index (χ1n) is 12.5. The van der Waals surface area contributed by atoms with Gasteiger partial charge in [0.05, 0.1) is 14.2 Å². The molecule has 0 bridgehead atoms. The number of benzene rings is 3. The van der Waals surface area contributed by atoms with Crippen LogP contribution in [0, 0.1) is 0 Å². The third-order valence-corrected chi connectivity index (χ3v) is 6.69. The van der Waals surface area contributed by atoms with Gasteiger partial charge in [0, 0.05) is 6.54 Å². The van der Waals surface area contributed by atoms with Crippen molar-refractivity contribution in [3.8, 4) is 17.2 Å². The zero-order valence-electron chi connectivity index (χ0n) is 21.7. The van der Waals surface area contributed by atoms with Gasteiger partial charge in [-0.25, -0.2) is 0 Å². The van der Waals surface area contributed by atoms with Crippen LogP contribution in [0.15, 0.2) is 72.3 Å². The first kappa shape index (κ1) is 27.6. The largest absolute Gasteiger partial charge is 0.493 e. The van der Waals surface area contributed by atoms with Gasteiger partial charge in [0.25, 0.3) is 0 Å². The summed E-state index contributed by atoms with van der Waals surface area (Å²) in [6, 6.07) is 23.0. The minimum Gasteiger partial charge on any atom is -0.493 e. The molecule has 0 aliphatic heterocycles. The van der Waals surface area contributed by atoms with Crippen molar-refractivity contribution in [2.75, 3.05) is 34.4 Å². The quantitative estimate of drug-likeness (QED) is 0.264. The van der Waals surface area contributed by atoms with Gasteiger partial charge < -0.3 is 19.1 Å². The summed E-state index contributed by atoms with van der Waals surface area (Å²) in [6.45, 7) is 2.74. The van der Waals surface area contributed by atoms with Crippen LogP contribution in [-0.4, -0.2) is 39.3 Å². The molecule has 4 nitrogen and oxygen atoms in total. The molecule has 0 unspecified atom stereocenters. The maximum atomic E-state index is 5.99. The van der Waals surface area contributed by atoms with Crippen molar-refractivity contribution in [3.63, 3.8) is 0 Å². The van der Waals surface area contributed by atoms with Crippen LogP contribution in [-0.2, 0) is 19.4 Å². The summed E-state index contributed by atoms with van der Waals surface area (Å²) in [6.07, 6.45) is 7.88. The first-order valence-corrected chi connectivity index (χ1v) is 12.5. The molecule has 0 spiro atoms. The molecule has 0 heterocycles. The molecule has 5 heteroatoms. The Kier molecular flexibility index (Phi) is 10.7. The molecule has 0 amide bonds. The average molecular weight is 508 g/mol. The number of aryl methyl sites for hydroxylation is 1. The predicted molar refractivity (Wildman–Crippen MR) is 151 cm³/mol. The van der Waals surface area contributed by atoms with Gasteiger partial charge in [-0.1, -0.05) is 54.1 Å². The molecular formula is C31H38ClNO3. The Labute approximate surface area is 222 Å². The molecule has 0 atom stereocenters. The predicted octanol–water partition coefficient (Wildman–Crippen LogP) is 6.99. The van der Waals surface area contributed by atoms with Gasteiger partial charge in [0.1, 0.15) is 12.4 Å². The number of methoxy groups -OCH3 is 2. The van der Waals surface area contributed by atoms with Gasteiger partial charge in [0.15, 0.2) is 11.5 Å². The Morgan fingerprint density at radius 2 is 1.53 bits per heavy atom. The lowest BCUT2D eigenvalue weighted by Crippen LogP contribution is -2.22. The Bertz CT molecular complexity index is 1130. The molecule has 0 saturated carbocycles. The van der Waals surface area contributed by atoms with Gasteiger partial charge >= 0.3 is 0 Å². The third-order valence-electron chi connectivity index (χ3n) is 6.69. The fourth-order valence-corrected chi connectivity index (χ4v) is 4.61. The Hall–Kier alpha value is -2.95. The monoisotopic (exact) mass is 507 g/mol. The zero-order chi connectivity index (χ0) is 24.5. The van der Waals surface area contributed by atoms with Crippen molar-refractivity contribution in [1.29, 1.82) is 0 Å². The molecule has 1 aliphatic rings. The van der Waals surface area contributed by atoms with E-state index in [0.717, 1.165) is 56.0 Å². The summed E-state index contributed by atoms with van der Waals surface area (Å²) in [4.78, 5) is 2.43. The molecule has 4 rings (SSSR count). The maximum absolute atomic E-state index is 5.99. The Morgan fingerprint density at radius 1 is 0.778 bits per heavy atom. The fourth-order valence-electron chi connectivity index (χ4n) is 4.61. The summed E-state index contributed by atoms with van der Waals surface area (Å²) in [5.41, 5.74) is 6.65. The molecule has 0 aromatic heterocycles. The topological polar surface area (TPSA) is 30.9 Å². The molecular weight excluding hydrogens is 470 g/mol. The standard InChI is InChI=1S/C31H37NO3.ClH/c1-32(18-16-25-11-7-13-29(20-25)35-23-26-9-5-4-6-10-26)17-8-12-24-14-15-27-21-30(33-2)31(34-3)22-28(27)19-24;/h4-7,9-11,13,19-22H,8,12,14-18,23H2,1-3H3;1H. The van der Waals surface area contributed by atoms with E-state index in [-0.39, 0.29) is 12.4 Å². The van der Waals surface area contributed by atoms with Crippen molar-refractivity contribution in [1.82, 2.24) is 4.90 Å². The van der Waals surface area contributed by atoms with E-state index in [1.807, 2.05) is 24.3 Å². The van der Waals surface area contributed by atoms with Crippen LogP contribution in [0.4, 0.5) is 0 Å². The highest BCUT2D eigenvalue weighted by Gasteiger charge is 2.15. The number of halogens is 1. The van der Waals surface area contributed by atoms with Crippen molar-refractivity contribution in [2.24, 2.45) is 0 Å². The molecule has 3 aromatic carbocycles. The number of rotatable bonds is 12. The lowest BCUT2D eigenvalue weighted by molar-refractivity contribution is 0.305. The first-order chi connectivity index (χ1) is 17.1. The summed E-state index contributed by atoms with van der Waals surface area (Å²) in [7, 11) is 5.61. The summed E-state index contributed by atoms with van der Waals surface area (Å²) >= 11 is 0. The van der Waals surface area contributed by atoms with Gasteiger partial charge in [-0.05, 0) is 92.2 Å². The smallest absolute Gasteiger partial charge is 0.161 e. The molecule has 0 N–H and O–H groups in total. The SMILES string of the molecule is COc1cc2c(cc1OC)CCC(CCCN(C)CCc1cccc(OCc3ccccc3)c1)=C2.Cl. The molecule has 36 heavy (non-hydrogen) atoms. The second-order valence-corrected chi connectivity index (χ2v) is 9.29. The van der Waals surface area contributed by atoms with Crippen molar-refractivity contribution in [2.45, 2.75) is 38.7 Å². The van der Waals surface area contributed by atoms with Crippen LogP contribution in [0.25, 0.3) is 6.08 Å². The van der Waals surface area contributed by atoms with Crippen LogP contribution >= 0.6 is 12.4 Å². The van der Waals surface area contributed by atoms with Crippen LogP contribution < -0.4 is 14.2 Å². The maximum Gasteiger partial charge on any atom is 0.161 e. The third kappa shape index (κ3) is 7.78. The number of allylic oxidation sites excluding steroid dienone is 1. The normalized spacial score (nSPS) is 12.4. The van der Waals surface area contributed by atoms with Gasteiger partial charge in [-0.15, -0.1) is 12.4 Å². The average Bonchev–Trinajstić information content (AvgIpc) is 2.90. The van der Waals surface area contributed by atoms with Gasteiger partial charge in [-0.3, -0.25) is 0 Å². The highest BCUT2D eigenvalue weighted by molar-refractivity contribution is 5.85. The van der Waals surface area contributed by atoms with Crippen LogP contribution in [0.3, 0.4) is 0 Å². The minimum absolute atomic E-state index is 0. The van der Waals surface area contributed by atoms with Gasteiger partial charge in [-0.2, -0.15) is 0 Å². The Morgan fingerprint density at radius 3 is 2.31 bits per heavy atom.